The van der Waals surface area contributed by atoms with Crippen LogP contribution < -0.4 is 0 Å². The van der Waals surface area contributed by atoms with E-state index in [1.54, 1.807) is 0 Å². The van der Waals surface area contributed by atoms with Gasteiger partial charge in [0.2, 0.25) is 0 Å². The van der Waals surface area contributed by atoms with E-state index in [1.165, 1.54) is 59.8 Å². The Morgan fingerprint density at radius 2 is 1.04 bits per heavy atom. The molecule has 2 aromatic rings. The predicted molar refractivity (Wildman–Crippen MR) is 118 cm³/mol. The van der Waals surface area contributed by atoms with Crippen LogP contribution in [0.2, 0.25) is 0 Å². The maximum absolute atomic E-state index is 10.4. The van der Waals surface area contributed by atoms with Gasteiger partial charge in [0.15, 0.2) is 21.3 Å². The van der Waals surface area contributed by atoms with Crippen LogP contribution in [-0.4, -0.2) is 33.2 Å². The lowest BCUT2D eigenvalue weighted by Gasteiger charge is -2.27. The van der Waals surface area contributed by atoms with Gasteiger partial charge >= 0.3 is 0 Å². The van der Waals surface area contributed by atoms with Crippen molar-refractivity contribution in [2.75, 3.05) is 23.0 Å². The summed E-state index contributed by atoms with van der Waals surface area (Å²) in [4.78, 5) is 2.30. The summed E-state index contributed by atoms with van der Waals surface area (Å²) in [5.41, 5.74) is 2.35. The molecule has 144 valence electrons. The van der Waals surface area contributed by atoms with Crippen molar-refractivity contribution in [1.29, 1.82) is 0 Å². The summed E-state index contributed by atoms with van der Waals surface area (Å²) < 4.78 is 0. The van der Waals surface area contributed by atoms with Crippen LogP contribution in [0, 0.1) is 0 Å². The van der Waals surface area contributed by atoms with Crippen LogP contribution in [0.15, 0.2) is 46.2 Å². The van der Waals surface area contributed by atoms with Gasteiger partial charge in [-0.15, -0.1) is 0 Å². The Morgan fingerprint density at radius 3 is 1.41 bits per heavy atom. The largest absolute Gasteiger partial charge is 0.503 e. The molecular formula is C23H30O2S2+2. The molecular weight excluding hydrogens is 372 g/mol. The summed E-state index contributed by atoms with van der Waals surface area (Å²) in [6.45, 7) is 4.52. The van der Waals surface area contributed by atoms with Crippen molar-refractivity contribution in [3.8, 4) is 11.5 Å². The molecule has 0 spiro atoms. The van der Waals surface area contributed by atoms with Gasteiger partial charge < -0.3 is 10.2 Å². The first-order valence-electron chi connectivity index (χ1n) is 9.99. The molecule has 2 aliphatic rings. The summed E-state index contributed by atoms with van der Waals surface area (Å²) in [7, 11) is 0.395. The van der Waals surface area contributed by atoms with E-state index in [2.05, 4.69) is 38.1 Å². The number of hydrogen-bond acceptors (Lipinski definition) is 2. The lowest BCUT2D eigenvalue weighted by molar-refractivity contribution is 0.460. The van der Waals surface area contributed by atoms with Gasteiger partial charge in [-0.3, -0.25) is 0 Å². The minimum Gasteiger partial charge on any atom is -0.503 e. The fraction of sp³-hybridized carbons (Fsp3) is 0.478. The SMILES string of the molecule is CC(C)(c1ccc(O)c([S+]2CCCC2)c1)c1ccc(O)c([S+]2CCCC2)c1. The monoisotopic (exact) mass is 402 g/mol. The number of benzene rings is 2. The second-order valence-corrected chi connectivity index (χ2v) is 12.7. The number of phenolic OH excluding ortho intramolecular Hbond substituents is 2. The first kappa shape index (κ1) is 19.1. The molecule has 2 N–H and O–H groups in total. The molecule has 2 fully saturated rings. The van der Waals surface area contributed by atoms with Gasteiger partial charge in [-0.1, -0.05) is 26.0 Å². The summed E-state index contributed by atoms with van der Waals surface area (Å²) in [6.07, 6.45) is 5.11. The molecule has 2 saturated heterocycles. The Hall–Kier alpha value is -1.26. The van der Waals surface area contributed by atoms with Crippen molar-refractivity contribution < 1.29 is 10.2 Å². The third-order valence-corrected chi connectivity index (χ3v) is 11.1. The lowest BCUT2D eigenvalue weighted by atomic mass is 9.78. The molecule has 4 rings (SSSR count). The highest BCUT2D eigenvalue weighted by Crippen LogP contribution is 2.40. The Kier molecular flexibility index (Phi) is 5.39. The van der Waals surface area contributed by atoms with E-state index in [4.69, 9.17) is 0 Å². The van der Waals surface area contributed by atoms with Crippen LogP contribution in [0.3, 0.4) is 0 Å². The highest BCUT2D eigenvalue weighted by atomic mass is 32.2. The summed E-state index contributed by atoms with van der Waals surface area (Å²) >= 11 is 0. The number of aromatic hydroxyl groups is 2. The first-order chi connectivity index (χ1) is 13.0. The molecule has 0 aliphatic carbocycles. The molecule has 0 radical (unpaired) electrons. The van der Waals surface area contributed by atoms with E-state index in [0.717, 1.165) is 9.79 Å². The number of phenols is 2. The van der Waals surface area contributed by atoms with Crippen molar-refractivity contribution >= 4 is 21.8 Å². The van der Waals surface area contributed by atoms with Crippen LogP contribution in [0.25, 0.3) is 0 Å². The highest BCUT2D eigenvalue weighted by molar-refractivity contribution is 7.97. The van der Waals surface area contributed by atoms with Gasteiger partial charge in [-0.2, -0.15) is 0 Å². The standard InChI is InChI=1S/C23H28O2S2/c1-23(2,17-7-9-19(24)21(15-17)26-11-3-4-12-26)18-8-10-20(25)22(16-18)27-13-5-6-14-27/h7-10,15-16H,3-6,11-14H2,1-2H3/p+2. The predicted octanol–water partition coefficient (Wildman–Crippen LogP) is 4.97. The second-order valence-electron chi connectivity index (χ2n) is 8.21. The van der Waals surface area contributed by atoms with E-state index in [-0.39, 0.29) is 27.2 Å². The molecule has 0 amide bonds. The Morgan fingerprint density at radius 1 is 0.667 bits per heavy atom. The molecule has 2 aromatic carbocycles. The molecule has 4 heteroatoms. The van der Waals surface area contributed by atoms with Crippen molar-refractivity contribution in [2.24, 2.45) is 0 Å². The van der Waals surface area contributed by atoms with Crippen molar-refractivity contribution in [1.82, 2.24) is 0 Å². The minimum atomic E-state index is -0.156. The molecule has 2 nitrogen and oxygen atoms in total. The normalized spacial score (nSPS) is 19.0. The zero-order valence-corrected chi connectivity index (χ0v) is 18.0. The second kappa shape index (κ2) is 7.63. The van der Waals surface area contributed by atoms with Gasteiger partial charge in [0, 0.05) is 39.3 Å². The number of hydrogen-bond donors (Lipinski definition) is 2. The number of rotatable bonds is 4. The maximum atomic E-state index is 10.4. The van der Waals surface area contributed by atoms with E-state index < -0.39 is 0 Å². The van der Waals surface area contributed by atoms with E-state index >= 15 is 0 Å². The van der Waals surface area contributed by atoms with Crippen LogP contribution >= 0.6 is 0 Å². The topological polar surface area (TPSA) is 40.5 Å². The van der Waals surface area contributed by atoms with Gasteiger partial charge in [-0.25, -0.2) is 0 Å². The van der Waals surface area contributed by atoms with Crippen molar-refractivity contribution in [2.45, 2.75) is 54.7 Å². The molecule has 27 heavy (non-hydrogen) atoms. The third-order valence-electron chi connectivity index (χ3n) is 6.05. The summed E-state index contributed by atoms with van der Waals surface area (Å²) in [5.74, 6) is 5.76. The van der Waals surface area contributed by atoms with Crippen LogP contribution in [0.4, 0.5) is 0 Å². The van der Waals surface area contributed by atoms with Gasteiger partial charge in [0.25, 0.3) is 0 Å². The average Bonchev–Trinajstić information content (AvgIpc) is 3.36. The van der Waals surface area contributed by atoms with E-state index in [1.807, 2.05) is 12.1 Å². The van der Waals surface area contributed by atoms with Crippen molar-refractivity contribution in [3.05, 3.63) is 47.5 Å². The Bertz CT molecular complexity index is 752. The van der Waals surface area contributed by atoms with Crippen LogP contribution in [0.5, 0.6) is 11.5 Å². The minimum absolute atomic E-state index is 0.156. The molecule has 2 heterocycles. The fourth-order valence-electron chi connectivity index (χ4n) is 4.18. The van der Waals surface area contributed by atoms with Gasteiger partial charge in [-0.05, 0) is 48.9 Å². The molecule has 2 aliphatic heterocycles. The van der Waals surface area contributed by atoms with Crippen LogP contribution in [-0.2, 0) is 27.2 Å². The Labute approximate surface area is 168 Å². The quantitative estimate of drug-likeness (QED) is 0.709. The molecule has 0 unspecified atom stereocenters. The molecule has 0 atom stereocenters. The zero-order chi connectivity index (χ0) is 19.0. The maximum Gasteiger partial charge on any atom is 0.196 e. The molecule has 0 saturated carbocycles. The van der Waals surface area contributed by atoms with Crippen molar-refractivity contribution in [3.63, 3.8) is 0 Å². The zero-order valence-electron chi connectivity index (χ0n) is 16.3. The average molecular weight is 403 g/mol. The van der Waals surface area contributed by atoms with E-state index in [9.17, 15) is 10.2 Å². The van der Waals surface area contributed by atoms with Gasteiger partial charge in [0.05, 0.1) is 0 Å². The fourth-order valence-corrected chi connectivity index (χ4v) is 9.00. The lowest BCUT2D eigenvalue weighted by Crippen LogP contribution is -2.20. The smallest absolute Gasteiger partial charge is 0.196 e. The third kappa shape index (κ3) is 3.71. The Balaban J connectivity index is 1.70. The molecule has 0 bridgehead atoms. The van der Waals surface area contributed by atoms with E-state index in [0.29, 0.717) is 11.5 Å². The first-order valence-corrected chi connectivity index (χ1v) is 13.1. The summed E-state index contributed by atoms with van der Waals surface area (Å²) in [6, 6.07) is 12.4. The summed E-state index contributed by atoms with van der Waals surface area (Å²) in [5, 5.41) is 20.9. The van der Waals surface area contributed by atoms with Gasteiger partial charge in [0.1, 0.15) is 23.0 Å². The van der Waals surface area contributed by atoms with Crippen LogP contribution in [0.1, 0.15) is 50.7 Å². The molecule has 0 aromatic heterocycles. The highest BCUT2D eigenvalue weighted by Gasteiger charge is 2.35.